The number of Topliss-reactive ketones (excluding diaryl/α,β-unsaturated/α-hetero) is 1. The highest BCUT2D eigenvalue weighted by Crippen LogP contribution is 2.30. The number of ketones is 1. The highest BCUT2D eigenvalue weighted by atomic mass is 16.5. The topological polar surface area (TPSA) is 55.8 Å². The Morgan fingerprint density at radius 3 is 2.38 bits per heavy atom. The number of benzene rings is 3. The number of phenolic OH excluding ortho intramolecular Hbond substituents is 1. The van der Waals surface area contributed by atoms with Gasteiger partial charge < -0.3 is 14.6 Å². The minimum atomic E-state index is -0.0493. The summed E-state index contributed by atoms with van der Waals surface area (Å²) in [5.41, 5.74) is 1.34. The molecule has 0 aromatic heterocycles. The van der Waals surface area contributed by atoms with Crippen molar-refractivity contribution in [3.8, 4) is 17.2 Å². The maximum Gasteiger partial charge on any atom is 0.167 e. The van der Waals surface area contributed by atoms with Crippen LogP contribution in [0.2, 0.25) is 0 Å². The van der Waals surface area contributed by atoms with E-state index in [1.54, 1.807) is 37.4 Å². The number of aromatic hydroxyl groups is 1. The lowest BCUT2D eigenvalue weighted by atomic mass is 9.97. The van der Waals surface area contributed by atoms with Gasteiger partial charge >= 0.3 is 0 Å². The lowest BCUT2D eigenvalue weighted by Gasteiger charge is -2.10. The van der Waals surface area contributed by atoms with Crippen LogP contribution in [-0.4, -0.2) is 25.1 Å². The zero-order valence-electron chi connectivity index (χ0n) is 13.6. The molecule has 0 spiro atoms. The lowest BCUT2D eigenvalue weighted by Crippen LogP contribution is -2.05. The van der Waals surface area contributed by atoms with Crippen molar-refractivity contribution >= 4 is 16.6 Å². The van der Waals surface area contributed by atoms with Gasteiger partial charge in [0.05, 0.1) is 14.2 Å². The number of rotatable bonds is 5. The third kappa shape index (κ3) is 2.91. The van der Waals surface area contributed by atoms with Crippen molar-refractivity contribution in [3.63, 3.8) is 0 Å². The second-order valence-electron chi connectivity index (χ2n) is 5.46. The molecule has 4 nitrogen and oxygen atoms in total. The standard InChI is InChI=1S/C20H18O4/c1-23-18-10-9-14(12-19(18)24-2)17(22)11-15-7-3-5-13-6-4-8-16(21)20(13)15/h3-10,12,21H,11H2,1-2H3. The molecular formula is C20H18O4. The first kappa shape index (κ1) is 15.9. The Morgan fingerprint density at radius 1 is 0.958 bits per heavy atom. The van der Waals surface area contributed by atoms with E-state index in [9.17, 15) is 9.90 Å². The van der Waals surface area contributed by atoms with Gasteiger partial charge in [0, 0.05) is 17.4 Å². The summed E-state index contributed by atoms with van der Waals surface area (Å²) in [5, 5.41) is 11.8. The molecule has 0 aliphatic rings. The predicted molar refractivity (Wildman–Crippen MR) is 93.2 cm³/mol. The predicted octanol–water partition coefficient (Wildman–Crippen LogP) is 3.99. The highest BCUT2D eigenvalue weighted by molar-refractivity contribution is 6.01. The first-order chi connectivity index (χ1) is 11.6. The largest absolute Gasteiger partial charge is 0.507 e. The molecule has 0 aliphatic carbocycles. The third-order valence-corrected chi connectivity index (χ3v) is 4.03. The molecule has 3 aromatic carbocycles. The average Bonchev–Trinajstić information content (AvgIpc) is 2.61. The third-order valence-electron chi connectivity index (χ3n) is 4.03. The smallest absolute Gasteiger partial charge is 0.167 e. The number of fused-ring (bicyclic) bond motifs is 1. The van der Waals surface area contributed by atoms with Gasteiger partial charge in [0.2, 0.25) is 0 Å². The maximum absolute atomic E-state index is 12.7. The summed E-state index contributed by atoms with van der Waals surface area (Å²) < 4.78 is 10.4. The van der Waals surface area contributed by atoms with E-state index in [1.165, 1.54) is 7.11 Å². The van der Waals surface area contributed by atoms with Crippen LogP contribution >= 0.6 is 0 Å². The van der Waals surface area contributed by atoms with Gasteiger partial charge in [-0.3, -0.25) is 4.79 Å². The minimum absolute atomic E-state index is 0.0493. The van der Waals surface area contributed by atoms with Gasteiger partial charge in [0.25, 0.3) is 0 Å². The zero-order chi connectivity index (χ0) is 17.1. The summed E-state index contributed by atoms with van der Waals surface area (Å²) in [6.07, 6.45) is 0.199. The monoisotopic (exact) mass is 322 g/mol. The molecule has 4 heteroatoms. The number of hydrogen-bond acceptors (Lipinski definition) is 4. The molecule has 0 unspecified atom stereocenters. The van der Waals surface area contributed by atoms with E-state index in [2.05, 4.69) is 0 Å². The highest BCUT2D eigenvalue weighted by Gasteiger charge is 2.14. The number of hydrogen-bond donors (Lipinski definition) is 1. The van der Waals surface area contributed by atoms with Crippen molar-refractivity contribution in [1.29, 1.82) is 0 Å². The van der Waals surface area contributed by atoms with E-state index < -0.39 is 0 Å². The zero-order valence-corrected chi connectivity index (χ0v) is 13.6. The lowest BCUT2D eigenvalue weighted by molar-refractivity contribution is 0.0993. The van der Waals surface area contributed by atoms with Gasteiger partial charge in [0.15, 0.2) is 17.3 Å². The fraction of sp³-hybridized carbons (Fsp3) is 0.150. The normalized spacial score (nSPS) is 10.6. The van der Waals surface area contributed by atoms with E-state index in [4.69, 9.17) is 9.47 Å². The number of methoxy groups -OCH3 is 2. The van der Waals surface area contributed by atoms with Crippen LogP contribution in [-0.2, 0) is 6.42 Å². The summed E-state index contributed by atoms with van der Waals surface area (Å²) >= 11 is 0. The van der Waals surface area contributed by atoms with Crippen LogP contribution in [0.15, 0.2) is 54.6 Å². The Hall–Kier alpha value is -3.01. The first-order valence-electron chi connectivity index (χ1n) is 7.59. The van der Waals surface area contributed by atoms with Crippen molar-refractivity contribution in [2.24, 2.45) is 0 Å². The van der Waals surface area contributed by atoms with Gasteiger partial charge in [-0.25, -0.2) is 0 Å². The van der Waals surface area contributed by atoms with Crippen molar-refractivity contribution in [3.05, 3.63) is 65.7 Å². The Labute approximate surface area is 140 Å². The van der Waals surface area contributed by atoms with E-state index in [-0.39, 0.29) is 18.0 Å². The Balaban J connectivity index is 1.96. The summed E-state index contributed by atoms with van der Waals surface area (Å²) in [6, 6.07) is 16.1. The van der Waals surface area contributed by atoms with Crippen LogP contribution in [0.5, 0.6) is 17.2 Å². The van der Waals surface area contributed by atoms with Crippen LogP contribution in [0.1, 0.15) is 15.9 Å². The molecule has 3 aromatic rings. The summed E-state index contributed by atoms with van der Waals surface area (Å²) in [7, 11) is 3.09. The molecule has 0 bridgehead atoms. The summed E-state index contributed by atoms with van der Waals surface area (Å²) in [5.74, 6) is 1.23. The van der Waals surface area contributed by atoms with Gasteiger partial charge in [0.1, 0.15) is 5.75 Å². The van der Waals surface area contributed by atoms with Crippen molar-refractivity contribution in [2.45, 2.75) is 6.42 Å². The number of phenols is 1. The maximum atomic E-state index is 12.7. The molecule has 0 fully saturated rings. The molecular weight excluding hydrogens is 304 g/mol. The molecule has 122 valence electrons. The molecule has 24 heavy (non-hydrogen) atoms. The molecule has 0 atom stereocenters. The summed E-state index contributed by atoms with van der Waals surface area (Å²) in [4.78, 5) is 12.7. The fourth-order valence-electron chi connectivity index (χ4n) is 2.83. The number of ether oxygens (including phenoxy) is 2. The van der Waals surface area contributed by atoms with Gasteiger partial charge in [-0.05, 0) is 35.2 Å². The summed E-state index contributed by atoms with van der Waals surface area (Å²) in [6.45, 7) is 0. The van der Waals surface area contributed by atoms with E-state index in [0.717, 1.165) is 10.9 Å². The van der Waals surface area contributed by atoms with E-state index in [1.807, 2.05) is 24.3 Å². The van der Waals surface area contributed by atoms with Gasteiger partial charge in [-0.2, -0.15) is 0 Å². The Morgan fingerprint density at radius 2 is 1.67 bits per heavy atom. The van der Waals surface area contributed by atoms with Crippen LogP contribution in [0.4, 0.5) is 0 Å². The molecule has 0 radical (unpaired) electrons. The average molecular weight is 322 g/mol. The Kier molecular flexibility index (Phi) is 4.38. The van der Waals surface area contributed by atoms with Gasteiger partial charge in [-0.15, -0.1) is 0 Å². The SMILES string of the molecule is COc1ccc(C(=O)Cc2cccc3cccc(O)c23)cc1OC. The van der Waals surface area contributed by atoms with Crippen LogP contribution in [0.3, 0.4) is 0 Å². The molecule has 0 amide bonds. The fourth-order valence-corrected chi connectivity index (χ4v) is 2.83. The van der Waals surface area contributed by atoms with E-state index in [0.29, 0.717) is 22.4 Å². The Bertz CT molecular complexity index is 894. The first-order valence-corrected chi connectivity index (χ1v) is 7.59. The van der Waals surface area contributed by atoms with Crippen LogP contribution < -0.4 is 9.47 Å². The second-order valence-corrected chi connectivity index (χ2v) is 5.46. The van der Waals surface area contributed by atoms with E-state index >= 15 is 0 Å². The van der Waals surface area contributed by atoms with Gasteiger partial charge in [-0.1, -0.05) is 30.3 Å². The second kappa shape index (κ2) is 6.62. The molecule has 1 N–H and O–H groups in total. The van der Waals surface area contributed by atoms with Crippen LogP contribution in [0.25, 0.3) is 10.8 Å². The molecule has 0 saturated heterocycles. The molecule has 0 heterocycles. The van der Waals surface area contributed by atoms with Crippen molar-refractivity contribution in [1.82, 2.24) is 0 Å². The van der Waals surface area contributed by atoms with Crippen LogP contribution in [0, 0.1) is 0 Å². The number of carbonyl (C=O) groups is 1. The van der Waals surface area contributed by atoms with Crippen molar-refractivity contribution < 1.29 is 19.4 Å². The molecule has 3 rings (SSSR count). The van der Waals surface area contributed by atoms with Crippen molar-refractivity contribution in [2.75, 3.05) is 14.2 Å². The molecule has 0 aliphatic heterocycles. The number of carbonyl (C=O) groups excluding carboxylic acids is 1. The molecule has 0 saturated carbocycles. The minimum Gasteiger partial charge on any atom is -0.507 e. The quantitative estimate of drug-likeness (QED) is 0.722.